The van der Waals surface area contributed by atoms with E-state index >= 15 is 0 Å². The molecule has 2 aromatic rings. The molecule has 4 rings (SSSR count). The van der Waals surface area contributed by atoms with E-state index < -0.39 is 0 Å². The van der Waals surface area contributed by atoms with Gasteiger partial charge in [0.15, 0.2) is 5.69 Å². The van der Waals surface area contributed by atoms with Crippen LogP contribution in [0.4, 0.5) is 14.9 Å². The van der Waals surface area contributed by atoms with Crippen molar-refractivity contribution < 1.29 is 14.0 Å². The zero-order chi connectivity index (χ0) is 19.5. The number of anilines is 1. The smallest absolute Gasteiger partial charge is 0.319 e. The Hall–Kier alpha value is -2.65. The normalized spacial score (nSPS) is 16.5. The molecule has 0 atom stereocenters. The number of aromatic nitrogens is 2. The minimum atomic E-state index is -0.350. The molecule has 0 spiro atoms. The van der Waals surface area contributed by atoms with Gasteiger partial charge in [0.1, 0.15) is 5.82 Å². The van der Waals surface area contributed by atoms with E-state index in [2.05, 4.69) is 26.1 Å². The fourth-order valence-corrected chi connectivity index (χ4v) is 3.66. The highest BCUT2D eigenvalue weighted by Crippen LogP contribution is 2.19. The Labute approximate surface area is 174 Å². The fourth-order valence-electron chi connectivity index (χ4n) is 3.66. The number of benzene rings is 1. The summed E-state index contributed by atoms with van der Waals surface area (Å²) in [7, 11) is 0. The number of aromatic amines is 1. The number of nitrogens with one attached hydrogen (secondary N) is 4. The number of H-pyrrole nitrogens is 1. The summed E-state index contributed by atoms with van der Waals surface area (Å²) < 4.78 is 12.9. The van der Waals surface area contributed by atoms with Gasteiger partial charge in [-0.2, -0.15) is 5.10 Å². The predicted octanol–water partition coefficient (Wildman–Crippen LogP) is 2.04. The number of piperidine rings is 1. The first-order valence-corrected chi connectivity index (χ1v) is 9.49. The van der Waals surface area contributed by atoms with Crippen molar-refractivity contribution >= 4 is 30.0 Å². The molecular weight excluding hydrogens is 399 g/mol. The van der Waals surface area contributed by atoms with Gasteiger partial charge in [0.25, 0.3) is 5.91 Å². The third-order valence-electron chi connectivity index (χ3n) is 5.23. The molecule has 3 amide bonds. The Morgan fingerprint density at radius 1 is 1.17 bits per heavy atom. The average molecular weight is 423 g/mol. The van der Waals surface area contributed by atoms with Crippen molar-refractivity contribution in [1.82, 2.24) is 25.7 Å². The predicted molar refractivity (Wildman–Crippen MR) is 109 cm³/mol. The van der Waals surface area contributed by atoms with Gasteiger partial charge in [-0.3, -0.25) is 9.89 Å². The number of carbonyl (C=O) groups excluding carboxylic acids is 2. The molecule has 1 aromatic carbocycles. The number of hydrogen-bond acceptors (Lipinski definition) is 4. The van der Waals surface area contributed by atoms with Crippen molar-refractivity contribution in [2.24, 2.45) is 0 Å². The summed E-state index contributed by atoms with van der Waals surface area (Å²) in [5.41, 5.74) is 3.04. The maximum absolute atomic E-state index is 12.9. The second-order valence-corrected chi connectivity index (χ2v) is 7.13. The molecule has 10 heteroatoms. The molecule has 0 unspecified atom stereocenters. The summed E-state index contributed by atoms with van der Waals surface area (Å²) >= 11 is 0. The highest BCUT2D eigenvalue weighted by molar-refractivity contribution is 5.94. The number of amides is 3. The van der Waals surface area contributed by atoms with Crippen LogP contribution < -0.4 is 16.0 Å². The summed E-state index contributed by atoms with van der Waals surface area (Å²) in [5.74, 6) is -0.410. The third kappa shape index (κ3) is 4.86. The molecule has 4 N–H and O–H groups in total. The van der Waals surface area contributed by atoms with E-state index in [0.29, 0.717) is 43.9 Å². The van der Waals surface area contributed by atoms with Gasteiger partial charge in [0, 0.05) is 55.6 Å². The van der Waals surface area contributed by atoms with Gasteiger partial charge in [-0.15, -0.1) is 12.4 Å². The molecule has 1 saturated heterocycles. The van der Waals surface area contributed by atoms with E-state index in [-0.39, 0.29) is 36.2 Å². The average Bonchev–Trinajstić information content (AvgIpc) is 3.14. The molecule has 0 aliphatic carbocycles. The van der Waals surface area contributed by atoms with Crippen LogP contribution >= 0.6 is 12.4 Å². The summed E-state index contributed by atoms with van der Waals surface area (Å²) in [4.78, 5) is 26.7. The van der Waals surface area contributed by atoms with E-state index in [0.717, 1.165) is 24.2 Å². The number of likely N-dealkylation sites (tertiary alicyclic amines) is 1. The van der Waals surface area contributed by atoms with Crippen molar-refractivity contribution in [3.05, 3.63) is 47.0 Å². The molecule has 2 aliphatic heterocycles. The highest BCUT2D eigenvalue weighted by Gasteiger charge is 2.29. The van der Waals surface area contributed by atoms with Crippen LogP contribution in [-0.4, -0.2) is 52.7 Å². The second kappa shape index (κ2) is 9.23. The van der Waals surface area contributed by atoms with Crippen LogP contribution in [-0.2, 0) is 13.0 Å². The lowest BCUT2D eigenvalue weighted by Crippen LogP contribution is -2.47. The summed E-state index contributed by atoms with van der Waals surface area (Å²) in [6, 6.07) is 5.26. The lowest BCUT2D eigenvalue weighted by atomic mass is 10.0. The Morgan fingerprint density at radius 3 is 2.62 bits per heavy atom. The Bertz CT molecular complexity index is 864. The second-order valence-electron chi connectivity index (χ2n) is 7.13. The third-order valence-corrected chi connectivity index (χ3v) is 5.23. The molecule has 0 saturated carbocycles. The monoisotopic (exact) mass is 422 g/mol. The first kappa shape index (κ1) is 21.1. The van der Waals surface area contributed by atoms with Crippen molar-refractivity contribution in [3.8, 4) is 0 Å². The minimum absolute atomic E-state index is 0. The van der Waals surface area contributed by atoms with Gasteiger partial charge >= 0.3 is 6.03 Å². The van der Waals surface area contributed by atoms with E-state index in [1.54, 1.807) is 4.90 Å². The van der Waals surface area contributed by atoms with Gasteiger partial charge in [0.05, 0.1) is 0 Å². The van der Waals surface area contributed by atoms with Crippen molar-refractivity contribution in [2.75, 3.05) is 25.0 Å². The first-order chi connectivity index (χ1) is 13.6. The van der Waals surface area contributed by atoms with Crippen LogP contribution in [0.2, 0.25) is 0 Å². The van der Waals surface area contributed by atoms with Crippen LogP contribution in [0.25, 0.3) is 0 Å². The lowest BCUT2D eigenvalue weighted by molar-refractivity contribution is 0.0701. The van der Waals surface area contributed by atoms with Gasteiger partial charge < -0.3 is 20.9 Å². The maximum atomic E-state index is 12.9. The van der Waals surface area contributed by atoms with Crippen LogP contribution in [0.3, 0.4) is 0 Å². The number of halogens is 2. The Morgan fingerprint density at radius 2 is 1.90 bits per heavy atom. The van der Waals surface area contributed by atoms with Gasteiger partial charge in [-0.25, -0.2) is 9.18 Å². The van der Waals surface area contributed by atoms with E-state index in [1.165, 1.54) is 24.3 Å². The van der Waals surface area contributed by atoms with Gasteiger partial charge in [0.2, 0.25) is 0 Å². The summed E-state index contributed by atoms with van der Waals surface area (Å²) in [5, 5.41) is 16.1. The fraction of sp³-hybridized carbons (Fsp3) is 0.421. The number of carbonyl (C=O) groups is 2. The number of urea groups is 1. The molecule has 8 nitrogen and oxygen atoms in total. The zero-order valence-corrected chi connectivity index (χ0v) is 16.7. The Kier molecular flexibility index (Phi) is 6.71. The number of nitrogens with zero attached hydrogens (tertiary/aromatic N) is 2. The van der Waals surface area contributed by atoms with Crippen molar-refractivity contribution in [3.63, 3.8) is 0 Å². The zero-order valence-electron chi connectivity index (χ0n) is 15.8. The van der Waals surface area contributed by atoms with Crippen LogP contribution in [0.15, 0.2) is 24.3 Å². The van der Waals surface area contributed by atoms with E-state index in [4.69, 9.17) is 0 Å². The molecule has 3 heterocycles. The van der Waals surface area contributed by atoms with Crippen LogP contribution in [0, 0.1) is 5.82 Å². The Balaban J connectivity index is 0.00000240. The molecule has 2 aliphatic rings. The van der Waals surface area contributed by atoms with E-state index in [9.17, 15) is 14.0 Å². The molecular formula is C19H24ClFN6O2. The highest BCUT2D eigenvalue weighted by atomic mass is 35.5. The van der Waals surface area contributed by atoms with Crippen molar-refractivity contribution in [2.45, 2.75) is 31.8 Å². The van der Waals surface area contributed by atoms with Crippen LogP contribution in [0.1, 0.15) is 34.6 Å². The molecule has 1 aromatic heterocycles. The number of hydrogen-bond donors (Lipinski definition) is 4. The van der Waals surface area contributed by atoms with Crippen molar-refractivity contribution in [1.29, 1.82) is 0 Å². The minimum Gasteiger partial charge on any atom is -0.337 e. The molecule has 0 bridgehead atoms. The molecule has 156 valence electrons. The first-order valence-electron chi connectivity index (χ1n) is 9.49. The number of fused-ring (bicyclic) bond motifs is 1. The molecule has 0 radical (unpaired) electrons. The largest absolute Gasteiger partial charge is 0.337 e. The summed E-state index contributed by atoms with van der Waals surface area (Å²) in [6.07, 6.45) is 2.20. The molecule has 29 heavy (non-hydrogen) atoms. The van der Waals surface area contributed by atoms with Gasteiger partial charge in [-0.05, 0) is 37.1 Å². The lowest BCUT2D eigenvalue weighted by Gasteiger charge is -2.32. The number of rotatable bonds is 3. The summed E-state index contributed by atoms with van der Waals surface area (Å²) in [6.45, 7) is 2.68. The quantitative estimate of drug-likeness (QED) is 0.608. The topological polar surface area (TPSA) is 102 Å². The maximum Gasteiger partial charge on any atom is 0.319 e. The van der Waals surface area contributed by atoms with E-state index in [1.807, 2.05) is 0 Å². The van der Waals surface area contributed by atoms with Crippen LogP contribution in [0.5, 0.6) is 0 Å². The van der Waals surface area contributed by atoms with Gasteiger partial charge in [-0.1, -0.05) is 0 Å². The standard InChI is InChI=1S/C19H23FN6O2.ClH/c20-12-1-3-13(4-2-12)22-19(28)23-14-6-9-26(10-7-14)18(27)17-15-11-21-8-5-16(15)24-25-17;/h1-4,14,21H,5-11H2,(H,24,25)(H2,22,23,28);1H. The SMILES string of the molecule is Cl.O=C(Nc1ccc(F)cc1)NC1CCN(C(=O)c2n[nH]c3c2CNCC3)CC1. The molecule has 1 fully saturated rings.